The van der Waals surface area contributed by atoms with Crippen molar-refractivity contribution in [1.29, 1.82) is 0 Å². The number of piperidine rings is 1. The van der Waals surface area contributed by atoms with Gasteiger partial charge in [-0.05, 0) is 97.2 Å². The van der Waals surface area contributed by atoms with Crippen molar-refractivity contribution in [3.63, 3.8) is 0 Å². The number of quaternary nitrogens is 1. The van der Waals surface area contributed by atoms with E-state index in [9.17, 15) is 9.18 Å². The van der Waals surface area contributed by atoms with Crippen LogP contribution in [0, 0.1) is 11.7 Å². The first-order valence-electron chi connectivity index (χ1n) is 14.7. The van der Waals surface area contributed by atoms with Crippen molar-refractivity contribution in [2.45, 2.75) is 55.1 Å². The highest BCUT2D eigenvalue weighted by Crippen LogP contribution is 2.62. The van der Waals surface area contributed by atoms with Gasteiger partial charge in [0.05, 0.1) is 5.41 Å². The average Bonchev–Trinajstić information content (AvgIpc) is 3.67. The minimum absolute atomic E-state index is 0.0236. The van der Waals surface area contributed by atoms with Gasteiger partial charge >= 0.3 is 10.0 Å². The van der Waals surface area contributed by atoms with Crippen LogP contribution in [0.4, 0.5) is 10.1 Å². The number of nitrogens with zero attached hydrogens (tertiary/aromatic N) is 4. The molecule has 0 radical (unpaired) electrons. The van der Waals surface area contributed by atoms with Crippen molar-refractivity contribution in [2.75, 3.05) is 13.1 Å². The third-order valence-electron chi connectivity index (χ3n) is 9.49. The van der Waals surface area contributed by atoms with E-state index >= 15 is 8.42 Å². The Kier molecular flexibility index (Phi) is 7.27. The maximum atomic E-state index is 15.1. The van der Waals surface area contributed by atoms with E-state index < -0.39 is 25.1 Å². The number of sulfonamides is 1. The molecule has 3 aromatic carbocycles. The summed E-state index contributed by atoms with van der Waals surface area (Å²) in [6.07, 6.45) is 3.21. The Balaban J connectivity index is 1.41. The van der Waals surface area contributed by atoms with Crippen LogP contribution in [0.3, 0.4) is 0 Å². The second-order valence-electron chi connectivity index (χ2n) is 11.9. The third kappa shape index (κ3) is 4.63. The fourth-order valence-corrected chi connectivity index (χ4v) is 9.93. The number of benzene rings is 3. The van der Waals surface area contributed by atoms with Crippen LogP contribution in [0.25, 0.3) is 0 Å². The van der Waals surface area contributed by atoms with Crippen LogP contribution in [0.15, 0.2) is 71.6 Å². The number of H-pyrrole nitrogens is 1. The van der Waals surface area contributed by atoms with Gasteiger partial charge in [0.25, 0.3) is 5.91 Å². The van der Waals surface area contributed by atoms with Crippen LogP contribution >= 0.6 is 11.6 Å². The molecule has 10 nitrogen and oxygen atoms in total. The number of fused-ring (bicyclic) bond motifs is 2. The first-order valence-corrected chi connectivity index (χ1v) is 16.6. The van der Waals surface area contributed by atoms with E-state index in [4.69, 9.17) is 11.6 Å². The number of hydrogen-bond donors (Lipinski definition) is 3. The quantitative estimate of drug-likeness (QED) is 0.247. The summed E-state index contributed by atoms with van der Waals surface area (Å²) < 4.78 is 43.8. The molecular weight excluding hydrogens is 605 g/mol. The van der Waals surface area contributed by atoms with Crippen LogP contribution < -0.4 is 14.5 Å². The summed E-state index contributed by atoms with van der Waals surface area (Å²) in [7, 11) is -4.20. The molecule has 0 bridgehead atoms. The van der Waals surface area contributed by atoms with Crippen molar-refractivity contribution >= 4 is 33.2 Å². The predicted octanol–water partition coefficient (Wildman–Crippen LogP) is 4.23. The monoisotopic (exact) mass is 636 g/mol. The highest BCUT2D eigenvalue weighted by atomic mass is 35.5. The molecule has 3 aliphatic rings. The van der Waals surface area contributed by atoms with E-state index in [2.05, 4.69) is 31.3 Å². The van der Waals surface area contributed by atoms with Gasteiger partial charge < -0.3 is 10.6 Å². The molecule has 1 amide bonds. The summed E-state index contributed by atoms with van der Waals surface area (Å²) in [5.74, 6) is -0.327. The summed E-state index contributed by atoms with van der Waals surface area (Å²) >= 11 is 6.32. The fourth-order valence-electron chi connectivity index (χ4n) is 7.49. The van der Waals surface area contributed by atoms with Crippen molar-refractivity contribution in [3.05, 3.63) is 100 Å². The fraction of sp³-hybridized carbons (Fsp3) is 0.355. The van der Waals surface area contributed by atoms with Gasteiger partial charge in [-0.1, -0.05) is 29.8 Å². The smallest absolute Gasteiger partial charge is 0.332 e. The second kappa shape index (κ2) is 11.0. The Bertz CT molecular complexity index is 1810. The van der Waals surface area contributed by atoms with Gasteiger partial charge in [-0.3, -0.25) is 4.79 Å². The Hall–Kier alpha value is -3.71. The van der Waals surface area contributed by atoms with Crippen molar-refractivity contribution in [3.8, 4) is 0 Å². The SMILES string of the molecule is O=C(NCc1ccccc1Cl)c1ccc2c(c1)C1(CCNCC1)C(C1CC1)[N+]2(Cc1nnn[nH]1)S(=O)(=O)c1ccc(F)cc1. The van der Waals surface area contributed by atoms with Crippen molar-refractivity contribution in [2.24, 2.45) is 5.92 Å². The van der Waals surface area contributed by atoms with Gasteiger partial charge in [0, 0.05) is 34.7 Å². The molecule has 1 aromatic heterocycles. The topological polar surface area (TPSA) is 130 Å². The zero-order valence-electron chi connectivity index (χ0n) is 23.8. The molecule has 3 heterocycles. The van der Waals surface area contributed by atoms with Gasteiger partial charge in [-0.2, -0.15) is 12.3 Å². The molecule has 1 saturated heterocycles. The van der Waals surface area contributed by atoms with Crippen LogP contribution in [-0.2, 0) is 28.5 Å². The minimum atomic E-state index is -4.20. The number of rotatable bonds is 8. The molecule has 2 atom stereocenters. The Morgan fingerprint density at radius 3 is 2.50 bits per heavy atom. The molecule has 44 heavy (non-hydrogen) atoms. The van der Waals surface area contributed by atoms with E-state index in [0.29, 0.717) is 48.0 Å². The lowest BCUT2D eigenvalue weighted by Crippen LogP contribution is -2.64. The maximum Gasteiger partial charge on any atom is 0.332 e. The zero-order valence-corrected chi connectivity index (χ0v) is 25.4. The molecule has 13 heteroatoms. The number of carbonyl (C=O) groups is 1. The number of nitrogens with one attached hydrogen (secondary N) is 3. The Morgan fingerprint density at radius 1 is 1.07 bits per heavy atom. The molecule has 1 aliphatic carbocycles. The van der Waals surface area contributed by atoms with E-state index in [1.165, 1.54) is 24.3 Å². The summed E-state index contributed by atoms with van der Waals surface area (Å²) in [5, 5.41) is 21.4. The van der Waals surface area contributed by atoms with Gasteiger partial charge in [0.2, 0.25) is 5.82 Å². The molecule has 2 unspecified atom stereocenters. The number of aromatic nitrogens is 4. The van der Waals surface area contributed by atoms with E-state index in [1.807, 2.05) is 24.3 Å². The van der Waals surface area contributed by atoms with Gasteiger partial charge in [-0.25, -0.2) is 9.49 Å². The summed E-state index contributed by atoms with van der Waals surface area (Å²) in [5.41, 5.74) is 2.19. The maximum absolute atomic E-state index is 15.1. The lowest BCUT2D eigenvalue weighted by Gasteiger charge is -2.45. The van der Waals surface area contributed by atoms with E-state index in [1.54, 1.807) is 18.2 Å². The van der Waals surface area contributed by atoms with Crippen LogP contribution in [0.2, 0.25) is 5.02 Å². The van der Waals surface area contributed by atoms with Crippen LogP contribution in [0.5, 0.6) is 0 Å². The largest absolute Gasteiger partial charge is 0.348 e. The molecule has 4 aromatic rings. The Morgan fingerprint density at radius 2 is 1.82 bits per heavy atom. The lowest BCUT2D eigenvalue weighted by atomic mass is 9.68. The van der Waals surface area contributed by atoms with E-state index in [-0.39, 0.29) is 35.9 Å². The first-order chi connectivity index (χ1) is 21.3. The molecule has 1 saturated carbocycles. The molecule has 3 N–H and O–H groups in total. The molecule has 2 aliphatic heterocycles. The average molecular weight is 637 g/mol. The summed E-state index contributed by atoms with van der Waals surface area (Å²) in [4.78, 5) is 13.6. The normalized spacial score (nSPS) is 22.5. The summed E-state index contributed by atoms with van der Waals surface area (Å²) in [6.45, 7) is 1.65. The number of carbonyl (C=O) groups excluding carboxylic acids is 1. The third-order valence-corrected chi connectivity index (χ3v) is 12.1. The van der Waals surface area contributed by atoms with Gasteiger partial charge in [0.15, 0.2) is 12.2 Å². The molecular formula is C31H32ClFN7O3S+. The molecule has 228 valence electrons. The van der Waals surface area contributed by atoms with E-state index in [0.717, 1.165) is 24.0 Å². The predicted molar refractivity (Wildman–Crippen MR) is 163 cm³/mol. The zero-order chi connectivity index (χ0) is 30.5. The number of tetrazole rings is 1. The second-order valence-corrected chi connectivity index (χ2v) is 14.4. The van der Waals surface area contributed by atoms with Crippen LogP contribution in [0.1, 0.15) is 53.0 Å². The molecule has 2 fully saturated rings. The Labute approximate surface area is 259 Å². The number of halogens is 2. The highest BCUT2D eigenvalue weighted by Gasteiger charge is 2.70. The molecule has 1 spiro atoms. The van der Waals surface area contributed by atoms with Gasteiger partial charge in [-0.15, -0.1) is 5.10 Å². The van der Waals surface area contributed by atoms with Gasteiger partial charge in [0.1, 0.15) is 16.8 Å². The first kappa shape index (κ1) is 29.0. The number of hydrogen-bond acceptors (Lipinski definition) is 7. The van der Waals surface area contributed by atoms with Crippen molar-refractivity contribution < 1.29 is 17.6 Å². The standard InChI is InChI=1S/C31H31ClFN7O3S/c32-26-4-2-1-3-22(26)18-35-30(41)21-7-12-27-25(17-21)31(13-15-34-16-14-31)29(20-5-6-20)40(27,19-28-36-38-39-37-28)44(42,43)24-10-8-23(33)9-11-24/h1-4,7-12,17,20,29,34H,5-6,13-16,18-19H2,(H-,35,36,37,38,39,41)/p+1. The highest BCUT2D eigenvalue weighted by molar-refractivity contribution is 7.91. The number of amides is 1. The lowest BCUT2D eigenvalue weighted by molar-refractivity contribution is 0.0950. The minimum Gasteiger partial charge on any atom is -0.348 e. The number of aromatic amines is 1. The molecule has 7 rings (SSSR count). The summed E-state index contributed by atoms with van der Waals surface area (Å²) in [6, 6.07) is 17.4. The van der Waals surface area contributed by atoms with Crippen molar-refractivity contribution in [1.82, 2.24) is 35.1 Å². The van der Waals surface area contributed by atoms with Crippen LogP contribution in [-0.4, -0.2) is 54.1 Å².